The van der Waals surface area contributed by atoms with E-state index in [9.17, 15) is 5.11 Å². The van der Waals surface area contributed by atoms with Gasteiger partial charge in [-0.3, -0.25) is 0 Å². The smallest absolute Gasteiger partial charge is 0.0926 e. The van der Waals surface area contributed by atoms with Crippen molar-refractivity contribution < 1.29 is 10.2 Å². The number of rotatable bonds is 5. The van der Waals surface area contributed by atoms with E-state index < -0.39 is 0 Å². The van der Waals surface area contributed by atoms with Crippen molar-refractivity contribution in [2.45, 2.75) is 45.4 Å². The molecule has 21 heavy (non-hydrogen) atoms. The fraction of sp³-hybridized carbons (Fsp3) is 0.556. The highest BCUT2D eigenvalue weighted by atomic mass is 32.1. The largest absolute Gasteiger partial charge is 0.512 e. The van der Waals surface area contributed by atoms with Crippen molar-refractivity contribution in [2.75, 3.05) is 12.9 Å². The van der Waals surface area contributed by atoms with Gasteiger partial charge in [0.15, 0.2) is 0 Å². The lowest BCUT2D eigenvalue weighted by molar-refractivity contribution is 0.230. The molecule has 0 bridgehead atoms. The van der Waals surface area contributed by atoms with Crippen molar-refractivity contribution in [1.29, 1.82) is 0 Å². The summed E-state index contributed by atoms with van der Waals surface area (Å²) in [7, 11) is 0. The van der Waals surface area contributed by atoms with Crippen molar-refractivity contribution in [2.24, 2.45) is 5.92 Å². The second-order valence-corrected chi connectivity index (χ2v) is 5.69. The Labute approximate surface area is 134 Å². The summed E-state index contributed by atoms with van der Waals surface area (Å²) >= 11 is 3.53. The Bertz CT molecular complexity index is 444. The van der Waals surface area contributed by atoms with Gasteiger partial charge in [-0.15, -0.1) is 0 Å². The van der Waals surface area contributed by atoms with Gasteiger partial charge in [0.25, 0.3) is 0 Å². The van der Waals surface area contributed by atoms with Crippen LogP contribution in [-0.4, -0.2) is 23.1 Å². The van der Waals surface area contributed by atoms with Crippen LogP contribution in [0.25, 0.3) is 0 Å². The lowest BCUT2D eigenvalue weighted by Crippen LogP contribution is -2.03. The summed E-state index contributed by atoms with van der Waals surface area (Å²) in [6.07, 6.45) is 16.2. The quantitative estimate of drug-likeness (QED) is 0.641. The Balaban J connectivity index is 0.00000106. The molecule has 0 radical (unpaired) electrons. The van der Waals surface area contributed by atoms with E-state index in [2.05, 4.69) is 37.8 Å². The predicted molar refractivity (Wildman–Crippen MR) is 93.8 cm³/mol. The van der Waals surface area contributed by atoms with Gasteiger partial charge >= 0.3 is 0 Å². The van der Waals surface area contributed by atoms with Crippen LogP contribution in [0.15, 0.2) is 46.8 Å². The topological polar surface area (TPSA) is 40.5 Å². The second kappa shape index (κ2) is 9.91. The monoisotopic (exact) mass is 308 g/mol. The van der Waals surface area contributed by atoms with E-state index >= 15 is 0 Å². The number of hydrogen-bond donors (Lipinski definition) is 3. The molecule has 0 amide bonds. The standard InChI is InChI=1S/C17H24O2.CH4S/c1-13(12-18)2-3-14-4-6-15(7-5-14)16-8-10-17(19)11-9-16;1-2/h4,6,8,10,13,18-19H,2-3,5,7,9,11-12H2,1H3;2H,1H3. The number of aliphatic hydroxyl groups is 2. The number of aliphatic hydroxyl groups excluding tert-OH is 2. The third-order valence-corrected chi connectivity index (χ3v) is 4.05. The van der Waals surface area contributed by atoms with E-state index in [1.807, 2.05) is 6.08 Å². The number of thiol groups is 1. The average Bonchev–Trinajstić information content (AvgIpc) is 2.56. The molecule has 0 heterocycles. The van der Waals surface area contributed by atoms with E-state index in [1.54, 1.807) is 6.26 Å². The summed E-state index contributed by atoms with van der Waals surface area (Å²) in [6.45, 7) is 2.38. The summed E-state index contributed by atoms with van der Waals surface area (Å²) < 4.78 is 0. The van der Waals surface area contributed by atoms with Gasteiger partial charge in [0.2, 0.25) is 0 Å². The van der Waals surface area contributed by atoms with Gasteiger partial charge < -0.3 is 10.2 Å². The van der Waals surface area contributed by atoms with E-state index in [0.717, 1.165) is 38.5 Å². The summed E-state index contributed by atoms with van der Waals surface area (Å²) in [4.78, 5) is 0. The van der Waals surface area contributed by atoms with Crippen LogP contribution < -0.4 is 0 Å². The van der Waals surface area contributed by atoms with E-state index in [1.165, 1.54) is 16.7 Å². The molecule has 0 aromatic rings. The van der Waals surface area contributed by atoms with Gasteiger partial charge in [0, 0.05) is 13.0 Å². The minimum Gasteiger partial charge on any atom is -0.512 e. The third-order valence-electron chi connectivity index (χ3n) is 4.05. The summed E-state index contributed by atoms with van der Waals surface area (Å²) in [5.74, 6) is 0.898. The third kappa shape index (κ3) is 6.15. The zero-order chi connectivity index (χ0) is 15.7. The number of allylic oxidation sites excluding steroid dienone is 8. The van der Waals surface area contributed by atoms with Crippen LogP contribution in [0, 0.1) is 5.92 Å². The van der Waals surface area contributed by atoms with Gasteiger partial charge in [-0.25, -0.2) is 0 Å². The Morgan fingerprint density at radius 2 is 1.62 bits per heavy atom. The predicted octanol–water partition coefficient (Wildman–Crippen LogP) is 4.75. The lowest BCUT2D eigenvalue weighted by Gasteiger charge is -2.19. The molecule has 2 nitrogen and oxygen atoms in total. The minimum atomic E-state index is 0.289. The number of hydrogen-bond acceptors (Lipinski definition) is 3. The van der Waals surface area contributed by atoms with E-state index in [0.29, 0.717) is 11.7 Å². The molecule has 0 aliphatic heterocycles. The molecule has 0 aromatic carbocycles. The molecule has 0 spiro atoms. The maximum absolute atomic E-state index is 9.38. The molecular formula is C18H28O2S. The molecule has 118 valence electrons. The van der Waals surface area contributed by atoms with Gasteiger partial charge in [0.05, 0.1) is 5.76 Å². The first-order valence-corrected chi connectivity index (χ1v) is 8.61. The molecule has 0 aromatic heterocycles. The minimum absolute atomic E-state index is 0.289. The molecule has 2 aliphatic carbocycles. The molecule has 1 atom stereocenters. The Hall–Kier alpha value is -0.930. The van der Waals surface area contributed by atoms with Crippen molar-refractivity contribution in [1.82, 2.24) is 0 Å². The first kappa shape index (κ1) is 18.1. The van der Waals surface area contributed by atoms with E-state index in [-0.39, 0.29) is 6.61 Å². The Kier molecular flexibility index (Phi) is 8.55. The lowest BCUT2D eigenvalue weighted by atomic mass is 9.87. The zero-order valence-corrected chi connectivity index (χ0v) is 14.1. The van der Waals surface area contributed by atoms with Crippen LogP contribution in [0.2, 0.25) is 0 Å². The SMILES string of the molecule is CC(CO)CCC1=CC=C(C2=CC=C(O)CC2)CC1.CS. The first-order valence-electron chi connectivity index (χ1n) is 7.72. The summed E-state index contributed by atoms with van der Waals surface area (Å²) in [5, 5.41) is 18.4. The van der Waals surface area contributed by atoms with Gasteiger partial charge in [0.1, 0.15) is 0 Å². The molecular weight excluding hydrogens is 280 g/mol. The molecule has 1 unspecified atom stereocenters. The molecule has 0 saturated heterocycles. The van der Waals surface area contributed by atoms with Crippen LogP contribution in [0.5, 0.6) is 0 Å². The van der Waals surface area contributed by atoms with Crippen molar-refractivity contribution in [3.05, 3.63) is 46.8 Å². The molecule has 2 aliphatic rings. The second-order valence-electron chi connectivity index (χ2n) is 5.69. The van der Waals surface area contributed by atoms with Gasteiger partial charge in [-0.2, -0.15) is 12.6 Å². The maximum Gasteiger partial charge on any atom is 0.0926 e. The van der Waals surface area contributed by atoms with Crippen LogP contribution in [0.1, 0.15) is 45.4 Å². The van der Waals surface area contributed by atoms with Crippen molar-refractivity contribution in [3.63, 3.8) is 0 Å². The maximum atomic E-state index is 9.38. The Morgan fingerprint density at radius 3 is 2.10 bits per heavy atom. The van der Waals surface area contributed by atoms with Crippen LogP contribution in [0.3, 0.4) is 0 Å². The molecule has 0 fully saturated rings. The van der Waals surface area contributed by atoms with Gasteiger partial charge in [-0.1, -0.05) is 30.7 Å². The average molecular weight is 308 g/mol. The Morgan fingerprint density at radius 1 is 1.00 bits per heavy atom. The summed E-state index contributed by atoms with van der Waals surface area (Å²) in [6, 6.07) is 0. The normalized spacial score (nSPS) is 19.4. The fourth-order valence-corrected chi connectivity index (χ4v) is 2.57. The van der Waals surface area contributed by atoms with E-state index in [4.69, 9.17) is 5.11 Å². The highest BCUT2D eigenvalue weighted by Crippen LogP contribution is 2.31. The van der Waals surface area contributed by atoms with Crippen LogP contribution >= 0.6 is 12.6 Å². The highest BCUT2D eigenvalue weighted by molar-refractivity contribution is 7.79. The molecule has 3 heteroatoms. The van der Waals surface area contributed by atoms with Crippen molar-refractivity contribution in [3.8, 4) is 0 Å². The van der Waals surface area contributed by atoms with Crippen LogP contribution in [-0.2, 0) is 0 Å². The molecule has 0 saturated carbocycles. The van der Waals surface area contributed by atoms with Crippen LogP contribution in [0.4, 0.5) is 0 Å². The molecule has 2 rings (SSSR count). The molecule has 2 N–H and O–H groups in total. The first-order chi connectivity index (χ1) is 10.2. The summed E-state index contributed by atoms with van der Waals surface area (Å²) in [5.41, 5.74) is 4.29. The zero-order valence-electron chi connectivity index (χ0n) is 13.2. The fourth-order valence-electron chi connectivity index (χ4n) is 2.57. The highest BCUT2D eigenvalue weighted by Gasteiger charge is 2.13. The van der Waals surface area contributed by atoms with Gasteiger partial charge in [-0.05, 0) is 61.5 Å². The van der Waals surface area contributed by atoms with Crippen molar-refractivity contribution >= 4 is 12.6 Å².